The number of hydrogen-bond acceptors (Lipinski definition) is 2. The van der Waals surface area contributed by atoms with E-state index in [2.05, 4.69) is 50.0 Å². The molecule has 2 aliphatic rings. The molecule has 1 atom stereocenters. The second kappa shape index (κ2) is 5.72. The molecule has 2 nitrogen and oxygen atoms in total. The van der Waals surface area contributed by atoms with E-state index in [-0.39, 0.29) is 0 Å². The van der Waals surface area contributed by atoms with Gasteiger partial charge in [0.15, 0.2) is 0 Å². The highest BCUT2D eigenvalue weighted by Crippen LogP contribution is 2.35. The van der Waals surface area contributed by atoms with Crippen LogP contribution in [0.2, 0.25) is 0 Å². The molecule has 0 bridgehead atoms. The number of piperazine rings is 1. The average Bonchev–Trinajstić information content (AvgIpc) is 2.38. The second-order valence-corrected chi connectivity index (χ2v) is 6.22. The number of hydrogen-bond donors (Lipinski definition) is 0. The van der Waals surface area contributed by atoms with Gasteiger partial charge in [-0.05, 0) is 17.5 Å². The highest BCUT2D eigenvalue weighted by atomic mass is 79.9. The lowest BCUT2D eigenvalue weighted by Crippen LogP contribution is -2.48. The van der Waals surface area contributed by atoms with Crippen LogP contribution in [0.1, 0.15) is 17.0 Å². The number of halogens is 1. The monoisotopic (exact) mass is 308 g/mol. The van der Waals surface area contributed by atoms with Gasteiger partial charge in [0.05, 0.1) is 0 Å². The predicted molar refractivity (Wildman–Crippen MR) is 79.6 cm³/mol. The third-order valence-electron chi connectivity index (χ3n) is 4.31. The molecule has 0 N–H and O–H groups in total. The quantitative estimate of drug-likeness (QED) is 0.788. The Bertz CT molecular complexity index is 399. The highest BCUT2D eigenvalue weighted by Gasteiger charge is 2.28. The molecule has 1 heterocycles. The Hall–Kier alpha value is -0.380. The van der Waals surface area contributed by atoms with Crippen LogP contribution < -0.4 is 0 Å². The molecule has 1 saturated heterocycles. The second-order valence-electron chi connectivity index (χ2n) is 5.43. The van der Waals surface area contributed by atoms with E-state index < -0.39 is 0 Å². The summed E-state index contributed by atoms with van der Waals surface area (Å²) in [5.74, 6) is 0.795. The van der Waals surface area contributed by atoms with Gasteiger partial charge in [-0.15, -0.1) is 0 Å². The third-order valence-corrected chi connectivity index (χ3v) is 4.66. The zero-order valence-corrected chi connectivity index (χ0v) is 12.4. The van der Waals surface area contributed by atoms with Crippen LogP contribution in [0.25, 0.3) is 0 Å². The van der Waals surface area contributed by atoms with Gasteiger partial charge in [0.2, 0.25) is 0 Å². The summed E-state index contributed by atoms with van der Waals surface area (Å²) in [4.78, 5) is 5.20. The van der Waals surface area contributed by atoms with Crippen LogP contribution in [0.4, 0.5) is 0 Å². The van der Waals surface area contributed by atoms with Crippen LogP contribution in [0, 0.1) is 0 Å². The summed E-state index contributed by atoms with van der Waals surface area (Å²) in [5.41, 5.74) is 3.17. The minimum Gasteiger partial charge on any atom is -0.300 e. The summed E-state index contributed by atoms with van der Waals surface area (Å²) < 4.78 is 0. The Kier molecular flexibility index (Phi) is 4.02. The van der Waals surface area contributed by atoms with Crippen molar-refractivity contribution < 1.29 is 0 Å². The Morgan fingerprint density at radius 3 is 2.50 bits per heavy atom. The molecule has 1 aliphatic carbocycles. The SMILES string of the molecule is BrCCN1CCN(CC2Cc3ccccc32)CC1. The minimum absolute atomic E-state index is 0.795. The van der Waals surface area contributed by atoms with E-state index in [0.717, 1.165) is 11.2 Å². The molecule has 1 aromatic carbocycles. The molecule has 3 heteroatoms. The molecule has 0 amide bonds. The Balaban J connectivity index is 1.49. The fourth-order valence-electron chi connectivity index (χ4n) is 3.15. The van der Waals surface area contributed by atoms with Crippen molar-refractivity contribution in [3.8, 4) is 0 Å². The van der Waals surface area contributed by atoms with Crippen LogP contribution in [0.5, 0.6) is 0 Å². The van der Waals surface area contributed by atoms with Gasteiger partial charge in [-0.2, -0.15) is 0 Å². The van der Waals surface area contributed by atoms with Gasteiger partial charge in [0, 0.05) is 50.5 Å². The first kappa shape index (κ1) is 12.6. The maximum absolute atomic E-state index is 3.52. The molecule has 0 radical (unpaired) electrons. The molecular formula is C15H21BrN2. The number of fused-ring (bicyclic) bond motifs is 1. The molecule has 1 fully saturated rings. The van der Waals surface area contributed by atoms with Gasteiger partial charge < -0.3 is 4.90 Å². The zero-order valence-electron chi connectivity index (χ0n) is 10.8. The first-order valence-corrected chi connectivity index (χ1v) is 8.07. The summed E-state index contributed by atoms with van der Waals surface area (Å²) in [7, 11) is 0. The zero-order chi connectivity index (χ0) is 12.4. The lowest BCUT2D eigenvalue weighted by molar-refractivity contribution is 0.130. The van der Waals surface area contributed by atoms with Gasteiger partial charge in [0.1, 0.15) is 0 Å². The molecular weight excluding hydrogens is 288 g/mol. The van der Waals surface area contributed by atoms with Crippen molar-refractivity contribution >= 4 is 15.9 Å². The molecule has 0 spiro atoms. The lowest BCUT2D eigenvalue weighted by Gasteiger charge is -2.39. The Morgan fingerprint density at radius 2 is 1.78 bits per heavy atom. The number of alkyl halides is 1. The number of nitrogens with zero attached hydrogens (tertiary/aromatic N) is 2. The van der Waals surface area contributed by atoms with E-state index in [0.29, 0.717) is 0 Å². The normalized spacial score (nSPS) is 24.6. The fourth-order valence-corrected chi connectivity index (χ4v) is 3.65. The van der Waals surface area contributed by atoms with Gasteiger partial charge in [-0.25, -0.2) is 0 Å². The minimum atomic E-state index is 0.795. The van der Waals surface area contributed by atoms with Crippen LogP contribution in [0.3, 0.4) is 0 Å². The largest absolute Gasteiger partial charge is 0.300 e. The van der Waals surface area contributed by atoms with Gasteiger partial charge >= 0.3 is 0 Å². The first-order valence-electron chi connectivity index (χ1n) is 6.95. The molecule has 1 unspecified atom stereocenters. The van der Waals surface area contributed by atoms with Crippen molar-refractivity contribution in [1.82, 2.24) is 9.80 Å². The van der Waals surface area contributed by atoms with Gasteiger partial charge in [0.25, 0.3) is 0 Å². The van der Waals surface area contributed by atoms with Crippen molar-refractivity contribution in [2.45, 2.75) is 12.3 Å². The third kappa shape index (κ3) is 2.63. The van der Waals surface area contributed by atoms with Crippen LogP contribution in [-0.2, 0) is 6.42 Å². The van der Waals surface area contributed by atoms with Crippen LogP contribution in [0.15, 0.2) is 24.3 Å². The molecule has 98 valence electrons. The van der Waals surface area contributed by atoms with Crippen molar-refractivity contribution in [2.24, 2.45) is 0 Å². The Labute approximate surface area is 118 Å². The van der Waals surface area contributed by atoms with E-state index >= 15 is 0 Å². The van der Waals surface area contributed by atoms with Gasteiger partial charge in [-0.3, -0.25) is 4.90 Å². The summed E-state index contributed by atoms with van der Waals surface area (Å²) >= 11 is 3.52. The smallest absolute Gasteiger partial charge is 0.0159 e. The van der Waals surface area contributed by atoms with E-state index in [1.54, 1.807) is 11.1 Å². The predicted octanol–water partition coefficient (Wildman–Crippen LogP) is 2.34. The topological polar surface area (TPSA) is 6.48 Å². The molecule has 1 aromatic rings. The lowest BCUT2D eigenvalue weighted by atomic mass is 9.77. The number of benzene rings is 1. The van der Waals surface area contributed by atoms with E-state index in [1.807, 2.05) is 0 Å². The van der Waals surface area contributed by atoms with Crippen molar-refractivity contribution in [2.75, 3.05) is 44.6 Å². The van der Waals surface area contributed by atoms with Crippen LogP contribution >= 0.6 is 15.9 Å². The molecule has 0 aromatic heterocycles. The summed E-state index contributed by atoms with van der Waals surface area (Å²) in [6.07, 6.45) is 1.29. The molecule has 0 saturated carbocycles. The average molecular weight is 309 g/mol. The van der Waals surface area contributed by atoms with Crippen LogP contribution in [-0.4, -0.2) is 54.4 Å². The van der Waals surface area contributed by atoms with Crippen molar-refractivity contribution in [3.63, 3.8) is 0 Å². The van der Waals surface area contributed by atoms with Crippen molar-refractivity contribution in [3.05, 3.63) is 35.4 Å². The van der Waals surface area contributed by atoms with Gasteiger partial charge in [-0.1, -0.05) is 40.2 Å². The van der Waals surface area contributed by atoms with E-state index in [1.165, 1.54) is 45.7 Å². The Morgan fingerprint density at radius 1 is 1.06 bits per heavy atom. The standard InChI is InChI=1S/C15H21BrN2/c16-5-6-17-7-9-18(10-8-17)12-14-11-13-3-1-2-4-15(13)14/h1-4,14H,5-12H2. The molecule has 1 aliphatic heterocycles. The fraction of sp³-hybridized carbons (Fsp3) is 0.600. The number of rotatable bonds is 4. The maximum atomic E-state index is 3.52. The summed E-state index contributed by atoms with van der Waals surface area (Å²) in [6.45, 7) is 7.41. The molecule has 3 rings (SSSR count). The van der Waals surface area contributed by atoms with E-state index in [4.69, 9.17) is 0 Å². The highest BCUT2D eigenvalue weighted by molar-refractivity contribution is 9.09. The summed E-state index contributed by atoms with van der Waals surface area (Å²) in [5, 5.41) is 1.10. The maximum Gasteiger partial charge on any atom is 0.0159 e. The van der Waals surface area contributed by atoms with E-state index in [9.17, 15) is 0 Å². The summed E-state index contributed by atoms with van der Waals surface area (Å²) in [6, 6.07) is 8.93. The first-order chi connectivity index (χ1) is 8.86. The molecule has 18 heavy (non-hydrogen) atoms. The van der Waals surface area contributed by atoms with Crippen molar-refractivity contribution in [1.29, 1.82) is 0 Å².